The predicted octanol–water partition coefficient (Wildman–Crippen LogP) is 3.09. The summed E-state index contributed by atoms with van der Waals surface area (Å²) in [5.41, 5.74) is 2.81. The number of hydrogen-bond acceptors (Lipinski definition) is 7. The summed E-state index contributed by atoms with van der Waals surface area (Å²) in [5.74, 6) is 0.483. The second-order valence-corrected chi connectivity index (χ2v) is 7.32. The normalized spacial score (nSPS) is 15.9. The molecule has 1 N–H and O–H groups in total. The minimum atomic E-state index is -0.568. The van der Waals surface area contributed by atoms with Gasteiger partial charge in [-0.05, 0) is 43.7 Å². The average molecular weight is 396 g/mol. The molecule has 1 aromatic heterocycles. The fraction of sp³-hybridized carbons (Fsp3) is 0.429. The van der Waals surface area contributed by atoms with E-state index in [0.717, 1.165) is 43.5 Å². The number of esters is 1. The number of amides is 1. The summed E-state index contributed by atoms with van der Waals surface area (Å²) in [4.78, 5) is 26.6. The Morgan fingerprint density at radius 2 is 1.93 bits per heavy atom. The molecule has 1 amide bonds. The minimum absolute atomic E-state index is 0.0451. The monoisotopic (exact) mass is 396 g/mol. The molecule has 0 unspecified atom stereocenters. The Morgan fingerprint density at radius 1 is 1.10 bits per heavy atom. The number of benzene rings is 1. The molecule has 1 fully saturated rings. The molecule has 2 heterocycles. The van der Waals surface area contributed by atoms with Crippen LogP contribution in [0.1, 0.15) is 41.7 Å². The fourth-order valence-electron chi connectivity index (χ4n) is 3.55. The standard InChI is InChI=1S/C21H24N4O4/c1-28-15-9-8-13-5-3-4-10-25(16(13)11-15)17-12-18(22-20(26)14-6-7-14)23-24-19(17)21(27)29-2/h8-9,11-12,14H,3-7,10H2,1-2H3,(H,22,23,26). The summed E-state index contributed by atoms with van der Waals surface area (Å²) >= 11 is 0. The summed E-state index contributed by atoms with van der Waals surface area (Å²) in [7, 11) is 2.94. The van der Waals surface area contributed by atoms with Crippen LogP contribution in [0.5, 0.6) is 5.75 Å². The number of hydrogen-bond donors (Lipinski definition) is 1. The second kappa shape index (κ2) is 8.06. The SMILES string of the molecule is COC(=O)c1nnc(NC(=O)C2CC2)cc1N1CCCCc2ccc(OC)cc21. The van der Waals surface area contributed by atoms with Crippen LogP contribution in [0.25, 0.3) is 0 Å². The molecule has 1 saturated carbocycles. The van der Waals surface area contributed by atoms with Crippen molar-refractivity contribution in [3.8, 4) is 5.75 Å². The first-order valence-corrected chi connectivity index (χ1v) is 9.82. The Hall–Kier alpha value is -3.16. The van der Waals surface area contributed by atoms with Crippen LogP contribution in [0.3, 0.4) is 0 Å². The lowest BCUT2D eigenvalue weighted by Crippen LogP contribution is -2.24. The summed E-state index contributed by atoms with van der Waals surface area (Å²) < 4.78 is 10.3. The molecular weight excluding hydrogens is 372 g/mol. The van der Waals surface area contributed by atoms with E-state index in [-0.39, 0.29) is 17.5 Å². The maximum Gasteiger partial charge on any atom is 0.360 e. The van der Waals surface area contributed by atoms with Crippen molar-refractivity contribution in [3.05, 3.63) is 35.5 Å². The van der Waals surface area contributed by atoms with Gasteiger partial charge in [-0.3, -0.25) is 4.79 Å². The molecule has 0 atom stereocenters. The summed E-state index contributed by atoms with van der Waals surface area (Å²) in [6, 6.07) is 7.66. The Morgan fingerprint density at radius 3 is 2.66 bits per heavy atom. The number of fused-ring (bicyclic) bond motifs is 1. The molecule has 2 aliphatic rings. The van der Waals surface area contributed by atoms with Crippen molar-refractivity contribution in [2.24, 2.45) is 5.92 Å². The van der Waals surface area contributed by atoms with Crippen LogP contribution >= 0.6 is 0 Å². The lowest BCUT2D eigenvalue weighted by atomic mass is 10.1. The van der Waals surface area contributed by atoms with Crippen molar-refractivity contribution in [2.75, 3.05) is 31.0 Å². The van der Waals surface area contributed by atoms with E-state index in [1.54, 1.807) is 13.2 Å². The smallest absolute Gasteiger partial charge is 0.360 e. The number of nitrogens with one attached hydrogen (secondary N) is 1. The van der Waals surface area contributed by atoms with E-state index in [2.05, 4.69) is 21.6 Å². The van der Waals surface area contributed by atoms with E-state index >= 15 is 0 Å². The van der Waals surface area contributed by atoms with Gasteiger partial charge >= 0.3 is 5.97 Å². The van der Waals surface area contributed by atoms with E-state index < -0.39 is 5.97 Å². The number of carbonyl (C=O) groups is 2. The van der Waals surface area contributed by atoms with Gasteiger partial charge in [-0.25, -0.2) is 4.79 Å². The maximum atomic E-state index is 12.4. The van der Waals surface area contributed by atoms with E-state index in [4.69, 9.17) is 9.47 Å². The third-order valence-corrected chi connectivity index (χ3v) is 5.30. The zero-order valence-corrected chi connectivity index (χ0v) is 16.6. The van der Waals surface area contributed by atoms with Gasteiger partial charge in [-0.1, -0.05) is 6.07 Å². The molecule has 1 aliphatic heterocycles. The Labute approximate surface area is 169 Å². The molecule has 8 heteroatoms. The van der Waals surface area contributed by atoms with Crippen LogP contribution in [0.2, 0.25) is 0 Å². The summed E-state index contributed by atoms with van der Waals surface area (Å²) in [5, 5.41) is 10.9. The quantitative estimate of drug-likeness (QED) is 0.776. The van der Waals surface area contributed by atoms with Crippen LogP contribution < -0.4 is 15.0 Å². The topological polar surface area (TPSA) is 93.7 Å². The molecule has 2 aromatic rings. The number of carbonyl (C=O) groups excluding carboxylic acids is 2. The number of aryl methyl sites for hydroxylation is 1. The molecular formula is C21H24N4O4. The summed E-state index contributed by atoms with van der Waals surface area (Å²) in [6.07, 6.45) is 4.71. The van der Waals surface area contributed by atoms with Gasteiger partial charge in [0, 0.05) is 30.3 Å². The number of anilines is 3. The van der Waals surface area contributed by atoms with Gasteiger partial charge in [-0.2, -0.15) is 0 Å². The highest BCUT2D eigenvalue weighted by atomic mass is 16.5. The van der Waals surface area contributed by atoms with Gasteiger partial charge < -0.3 is 19.7 Å². The van der Waals surface area contributed by atoms with E-state index in [0.29, 0.717) is 18.1 Å². The Kier molecular flexibility index (Phi) is 5.33. The van der Waals surface area contributed by atoms with E-state index in [9.17, 15) is 9.59 Å². The van der Waals surface area contributed by atoms with E-state index in [1.807, 2.05) is 17.0 Å². The summed E-state index contributed by atoms with van der Waals surface area (Å²) in [6.45, 7) is 0.700. The van der Waals surface area contributed by atoms with Gasteiger partial charge in [-0.15, -0.1) is 10.2 Å². The highest BCUT2D eigenvalue weighted by Crippen LogP contribution is 2.37. The third kappa shape index (κ3) is 4.01. The molecule has 0 saturated heterocycles. The van der Waals surface area contributed by atoms with Gasteiger partial charge in [0.05, 0.1) is 19.9 Å². The van der Waals surface area contributed by atoms with Gasteiger partial charge in [0.15, 0.2) is 11.5 Å². The number of aromatic nitrogens is 2. The van der Waals surface area contributed by atoms with Crippen LogP contribution in [-0.4, -0.2) is 42.8 Å². The van der Waals surface area contributed by atoms with Crippen LogP contribution in [-0.2, 0) is 16.0 Å². The van der Waals surface area contributed by atoms with Crippen molar-refractivity contribution >= 4 is 29.1 Å². The second-order valence-electron chi connectivity index (χ2n) is 7.32. The largest absolute Gasteiger partial charge is 0.497 e. The zero-order valence-electron chi connectivity index (χ0n) is 16.6. The zero-order chi connectivity index (χ0) is 20.4. The third-order valence-electron chi connectivity index (χ3n) is 5.30. The Bertz CT molecular complexity index is 942. The molecule has 1 aromatic carbocycles. The molecule has 152 valence electrons. The number of ether oxygens (including phenoxy) is 2. The number of rotatable bonds is 5. The molecule has 29 heavy (non-hydrogen) atoms. The molecule has 0 bridgehead atoms. The van der Waals surface area contributed by atoms with Crippen molar-refractivity contribution in [2.45, 2.75) is 32.1 Å². The lowest BCUT2D eigenvalue weighted by Gasteiger charge is -2.26. The molecule has 4 rings (SSSR count). The van der Waals surface area contributed by atoms with Crippen LogP contribution in [0.15, 0.2) is 24.3 Å². The highest BCUT2D eigenvalue weighted by Gasteiger charge is 2.31. The first kappa shape index (κ1) is 19.2. The highest BCUT2D eigenvalue weighted by molar-refractivity contribution is 5.97. The van der Waals surface area contributed by atoms with Crippen molar-refractivity contribution < 1.29 is 19.1 Å². The van der Waals surface area contributed by atoms with Crippen molar-refractivity contribution in [1.82, 2.24) is 10.2 Å². The molecule has 1 aliphatic carbocycles. The number of nitrogens with zero attached hydrogens (tertiary/aromatic N) is 3. The molecule has 0 spiro atoms. The van der Waals surface area contributed by atoms with Crippen LogP contribution in [0, 0.1) is 5.92 Å². The predicted molar refractivity (Wildman–Crippen MR) is 108 cm³/mol. The lowest BCUT2D eigenvalue weighted by molar-refractivity contribution is -0.117. The van der Waals surface area contributed by atoms with Crippen molar-refractivity contribution in [1.29, 1.82) is 0 Å². The fourth-order valence-corrected chi connectivity index (χ4v) is 3.55. The first-order valence-electron chi connectivity index (χ1n) is 9.82. The van der Waals surface area contributed by atoms with Gasteiger partial charge in [0.2, 0.25) is 5.91 Å². The van der Waals surface area contributed by atoms with Gasteiger partial charge in [0.25, 0.3) is 0 Å². The Balaban J connectivity index is 1.78. The van der Waals surface area contributed by atoms with Crippen LogP contribution in [0.4, 0.5) is 17.2 Å². The minimum Gasteiger partial charge on any atom is -0.497 e. The molecule has 0 radical (unpaired) electrons. The van der Waals surface area contributed by atoms with Crippen molar-refractivity contribution in [3.63, 3.8) is 0 Å². The number of methoxy groups -OCH3 is 2. The molecule has 8 nitrogen and oxygen atoms in total. The van der Waals surface area contributed by atoms with Gasteiger partial charge in [0.1, 0.15) is 5.75 Å². The van der Waals surface area contributed by atoms with E-state index in [1.165, 1.54) is 12.7 Å². The average Bonchev–Trinajstić information content (AvgIpc) is 3.59. The first-order chi connectivity index (χ1) is 14.1. The maximum absolute atomic E-state index is 12.4.